The first-order valence-electron chi connectivity index (χ1n) is 11.0. The molecule has 0 spiro atoms. The van der Waals surface area contributed by atoms with Gasteiger partial charge in [0.1, 0.15) is 24.5 Å². The van der Waals surface area contributed by atoms with Gasteiger partial charge >= 0.3 is 19.5 Å². The number of ether oxygens (including phenoxy) is 2. The number of rotatable bonds is 11. The van der Waals surface area contributed by atoms with Crippen LogP contribution in [0.15, 0.2) is 15.8 Å². The molecule has 0 bridgehead atoms. The van der Waals surface area contributed by atoms with Gasteiger partial charge in [-0.3, -0.25) is 28.2 Å². The number of H-pyrrole nitrogens is 1. The molecule has 3 heterocycles. The first kappa shape index (κ1) is 28.6. The van der Waals surface area contributed by atoms with Gasteiger partial charge in [0.05, 0.1) is 24.7 Å². The fourth-order valence-electron chi connectivity index (χ4n) is 3.89. The highest BCUT2D eigenvalue weighted by atomic mass is 31.2. The van der Waals surface area contributed by atoms with Crippen LogP contribution in [-0.4, -0.2) is 91.3 Å². The molecule has 0 radical (unpaired) electrons. The molecule has 0 amide bonds. The zero-order valence-corrected chi connectivity index (χ0v) is 20.2. The van der Waals surface area contributed by atoms with Crippen molar-refractivity contribution in [1.82, 2.24) is 9.55 Å². The summed E-state index contributed by atoms with van der Waals surface area (Å²) in [5, 5.41) is 38.5. The maximum absolute atomic E-state index is 12.4. The van der Waals surface area contributed by atoms with E-state index in [9.17, 15) is 44.3 Å². The molecule has 0 saturated carbocycles. The molecule has 2 aliphatic heterocycles. The zero-order chi connectivity index (χ0) is 26.8. The number of aliphatic hydroxyl groups excluding tert-OH is 3. The number of phosphoric ester groups is 1. The monoisotopic (exact) mass is 539 g/mol. The number of hydrogen-bond acceptors (Lipinski definition) is 12. The van der Waals surface area contributed by atoms with Crippen molar-refractivity contribution in [3.05, 3.63) is 32.6 Å². The van der Waals surface area contributed by atoms with E-state index in [0.29, 0.717) is 0 Å². The van der Waals surface area contributed by atoms with Gasteiger partial charge in [-0.15, -0.1) is 0 Å². The molecular weight excluding hydrogens is 509 g/mol. The standard InChI is InChI=1S/C19H30N3O13P/c1-19(8-20,17(27)28)4-9-5-22(18(29)21-16(9)26)14-2-10(24)13(33-14)7-32-36(30,31)35-11-3-15(25)34-12(11)6-23/h5,10-15,23-25H,2-4,6-8,20H2,1H3,(H,27,28)(H,30,31)(H,21,26,29)/t10-,11+,12+,13+,14+,15+,19+/m0/s1. The summed E-state index contributed by atoms with van der Waals surface area (Å²) in [6, 6.07) is 0. The fraction of sp³-hybridized carbons (Fsp3) is 0.737. The second-order valence-electron chi connectivity index (χ2n) is 8.96. The van der Waals surface area contributed by atoms with Gasteiger partial charge in [-0.1, -0.05) is 0 Å². The average molecular weight is 539 g/mol. The predicted octanol–water partition coefficient (Wildman–Crippen LogP) is -2.62. The number of nitrogens with two attached hydrogens (primary N) is 1. The van der Waals surface area contributed by atoms with Gasteiger partial charge in [0.2, 0.25) is 0 Å². The minimum absolute atomic E-state index is 0.0459. The average Bonchev–Trinajstić information content (AvgIpc) is 3.34. The van der Waals surface area contributed by atoms with Crippen LogP contribution in [0.25, 0.3) is 0 Å². The summed E-state index contributed by atoms with van der Waals surface area (Å²) in [6.07, 6.45) is -6.45. The van der Waals surface area contributed by atoms with Crippen LogP contribution in [0.5, 0.6) is 0 Å². The third kappa shape index (κ3) is 6.47. The minimum atomic E-state index is -4.73. The van der Waals surface area contributed by atoms with E-state index >= 15 is 0 Å². The van der Waals surface area contributed by atoms with Crippen molar-refractivity contribution in [2.75, 3.05) is 19.8 Å². The summed E-state index contributed by atoms with van der Waals surface area (Å²) >= 11 is 0. The van der Waals surface area contributed by atoms with E-state index in [4.69, 9.17) is 24.3 Å². The molecule has 1 aromatic heterocycles. The number of aliphatic carboxylic acids is 1. The van der Waals surface area contributed by atoms with Crippen LogP contribution in [0.2, 0.25) is 0 Å². The van der Waals surface area contributed by atoms with Gasteiger partial charge in [-0.2, -0.15) is 0 Å². The number of aliphatic hydroxyl groups is 3. The maximum atomic E-state index is 12.4. The fourth-order valence-corrected chi connectivity index (χ4v) is 4.85. The van der Waals surface area contributed by atoms with E-state index in [-0.39, 0.29) is 31.4 Å². The largest absolute Gasteiger partial charge is 0.481 e. The van der Waals surface area contributed by atoms with Gasteiger partial charge in [-0.25, -0.2) is 9.36 Å². The summed E-state index contributed by atoms with van der Waals surface area (Å²) < 4.78 is 33.7. The Labute approximate surface area is 203 Å². The second-order valence-corrected chi connectivity index (χ2v) is 10.4. The smallest absolute Gasteiger partial charge is 0.472 e. The number of aromatic amines is 1. The maximum Gasteiger partial charge on any atom is 0.472 e. The van der Waals surface area contributed by atoms with Crippen molar-refractivity contribution >= 4 is 13.8 Å². The number of aromatic nitrogens is 2. The Hall–Kier alpha value is -1.98. The van der Waals surface area contributed by atoms with Crippen molar-refractivity contribution in [3.8, 4) is 0 Å². The molecule has 17 heteroatoms. The summed E-state index contributed by atoms with van der Waals surface area (Å²) in [7, 11) is -4.73. The van der Waals surface area contributed by atoms with E-state index in [1.54, 1.807) is 0 Å². The Morgan fingerprint density at radius 3 is 2.61 bits per heavy atom. The zero-order valence-electron chi connectivity index (χ0n) is 19.3. The van der Waals surface area contributed by atoms with Crippen molar-refractivity contribution < 1.29 is 53.2 Å². The number of carbonyl (C=O) groups is 1. The third-order valence-electron chi connectivity index (χ3n) is 6.13. The molecule has 8 atom stereocenters. The lowest BCUT2D eigenvalue weighted by Crippen LogP contribution is -2.41. The number of nitrogens with one attached hydrogen (secondary N) is 1. The molecule has 2 aliphatic rings. The predicted molar refractivity (Wildman–Crippen MR) is 118 cm³/mol. The Morgan fingerprint density at radius 2 is 2.00 bits per heavy atom. The number of phosphoric acid groups is 1. The van der Waals surface area contributed by atoms with E-state index in [2.05, 4.69) is 4.98 Å². The lowest BCUT2D eigenvalue weighted by molar-refractivity contribution is -0.147. The molecule has 1 aromatic rings. The molecule has 2 saturated heterocycles. The normalized spacial score (nSPS) is 31.7. The molecular formula is C19H30N3O13P. The Balaban J connectivity index is 1.68. The summed E-state index contributed by atoms with van der Waals surface area (Å²) in [5.74, 6) is -1.23. The number of nitrogens with zero attached hydrogens (tertiary/aromatic N) is 1. The van der Waals surface area contributed by atoms with Gasteiger partial charge in [0.25, 0.3) is 5.56 Å². The van der Waals surface area contributed by atoms with Crippen LogP contribution >= 0.6 is 7.82 Å². The van der Waals surface area contributed by atoms with Crippen LogP contribution in [0, 0.1) is 5.41 Å². The molecule has 8 N–H and O–H groups in total. The topological polar surface area (TPSA) is 253 Å². The molecule has 1 unspecified atom stereocenters. The van der Waals surface area contributed by atoms with Crippen molar-refractivity contribution in [2.24, 2.45) is 11.1 Å². The Morgan fingerprint density at radius 1 is 1.31 bits per heavy atom. The van der Waals surface area contributed by atoms with Crippen molar-refractivity contribution in [3.63, 3.8) is 0 Å². The quantitative estimate of drug-likeness (QED) is 0.142. The highest BCUT2D eigenvalue weighted by molar-refractivity contribution is 7.47. The Bertz CT molecular complexity index is 1110. The Kier molecular flexibility index (Phi) is 8.88. The van der Waals surface area contributed by atoms with Crippen LogP contribution < -0.4 is 17.0 Å². The van der Waals surface area contributed by atoms with Gasteiger partial charge in [0, 0.05) is 31.1 Å². The van der Waals surface area contributed by atoms with E-state index in [1.807, 2.05) is 0 Å². The molecule has 3 rings (SSSR count). The summed E-state index contributed by atoms with van der Waals surface area (Å²) in [4.78, 5) is 48.2. The van der Waals surface area contributed by atoms with Crippen LogP contribution in [0.1, 0.15) is 31.6 Å². The number of hydrogen-bond donors (Lipinski definition) is 7. The molecule has 0 aromatic carbocycles. The SMILES string of the molecule is C[C@](CN)(Cc1cn([C@H]2C[C@H](O)[C@@H](COP(=O)(O)O[C@@H]3C[C@H](O)O[C@@H]3CO)O2)c(=O)[nH]c1=O)C(=O)O. The second kappa shape index (κ2) is 11.2. The van der Waals surface area contributed by atoms with Gasteiger partial charge < -0.3 is 40.5 Å². The molecule has 36 heavy (non-hydrogen) atoms. The van der Waals surface area contributed by atoms with Crippen LogP contribution in [0.4, 0.5) is 0 Å². The first-order valence-corrected chi connectivity index (χ1v) is 12.5. The van der Waals surface area contributed by atoms with Crippen LogP contribution in [0.3, 0.4) is 0 Å². The molecule has 2 fully saturated rings. The highest BCUT2D eigenvalue weighted by Gasteiger charge is 2.42. The minimum Gasteiger partial charge on any atom is -0.481 e. The number of carboxylic acid groups (broad SMARTS) is 1. The van der Waals surface area contributed by atoms with Gasteiger partial charge in [-0.05, 0) is 13.3 Å². The van der Waals surface area contributed by atoms with Crippen LogP contribution in [-0.2, 0) is 34.3 Å². The molecule has 204 valence electrons. The van der Waals surface area contributed by atoms with E-state index < -0.39 is 80.6 Å². The molecule has 16 nitrogen and oxygen atoms in total. The van der Waals surface area contributed by atoms with E-state index in [1.165, 1.54) is 6.92 Å². The number of carboxylic acids is 1. The van der Waals surface area contributed by atoms with Crippen molar-refractivity contribution in [1.29, 1.82) is 0 Å². The first-order chi connectivity index (χ1) is 16.8. The van der Waals surface area contributed by atoms with Crippen molar-refractivity contribution in [2.45, 2.75) is 63.1 Å². The lowest BCUT2D eigenvalue weighted by Gasteiger charge is -2.23. The third-order valence-corrected chi connectivity index (χ3v) is 7.15. The van der Waals surface area contributed by atoms with E-state index in [0.717, 1.165) is 10.8 Å². The lowest BCUT2D eigenvalue weighted by atomic mass is 9.84. The summed E-state index contributed by atoms with van der Waals surface area (Å²) in [5.41, 5.74) is 2.37. The van der Waals surface area contributed by atoms with Gasteiger partial charge in [0.15, 0.2) is 6.29 Å². The highest BCUT2D eigenvalue weighted by Crippen LogP contribution is 2.47. The molecule has 0 aliphatic carbocycles. The summed E-state index contributed by atoms with van der Waals surface area (Å²) in [6.45, 7) is -0.113.